The van der Waals surface area contributed by atoms with Gasteiger partial charge in [-0.15, -0.1) is 0 Å². The number of nitrogens with one attached hydrogen (secondary N) is 1. The summed E-state index contributed by atoms with van der Waals surface area (Å²) in [7, 11) is 1.84. The molecule has 1 aromatic heterocycles. The van der Waals surface area contributed by atoms with Gasteiger partial charge < -0.3 is 10.1 Å². The number of rotatable bonds is 2. The molecule has 98 valence electrons. The summed E-state index contributed by atoms with van der Waals surface area (Å²) in [6.07, 6.45) is 1.99. The molecule has 0 spiro atoms. The van der Waals surface area contributed by atoms with Crippen LogP contribution in [-0.2, 0) is 11.8 Å². The van der Waals surface area contributed by atoms with Gasteiger partial charge in [0.2, 0.25) is 0 Å². The van der Waals surface area contributed by atoms with Gasteiger partial charge in [-0.3, -0.25) is 4.68 Å². The molecule has 5 nitrogen and oxygen atoms in total. The van der Waals surface area contributed by atoms with Crippen molar-refractivity contribution in [1.82, 2.24) is 15.1 Å². The van der Waals surface area contributed by atoms with E-state index < -0.39 is 11.7 Å². The van der Waals surface area contributed by atoms with E-state index in [9.17, 15) is 4.79 Å². The maximum atomic E-state index is 11.3. The molecule has 1 heterocycles. The van der Waals surface area contributed by atoms with Crippen molar-refractivity contribution in [3.05, 3.63) is 18.0 Å². The first kappa shape index (κ1) is 14.1. The lowest BCUT2D eigenvalue weighted by atomic mass is 10.2. The number of nitrogens with zero attached hydrogens (tertiary/aromatic N) is 2. The Bertz CT molecular complexity index is 461. The smallest absolute Gasteiger partial charge is 0.407 e. The van der Waals surface area contributed by atoms with Crippen LogP contribution in [0.5, 0.6) is 0 Å². The van der Waals surface area contributed by atoms with Gasteiger partial charge in [0.1, 0.15) is 11.3 Å². The first-order valence-corrected chi connectivity index (χ1v) is 5.82. The summed E-state index contributed by atoms with van der Waals surface area (Å²) in [6.45, 7) is 5.95. The molecule has 0 aliphatic carbocycles. The molecule has 0 aliphatic rings. The Labute approximate surface area is 108 Å². The van der Waals surface area contributed by atoms with Gasteiger partial charge in [0.05, 0.1) is 0 Å². The van der Waals surface area contributed by atoms with Crippen LogP contribution in [0.2, 0.25) is 0 Å². The third-order valence-corrected chi connectivity index (χ3v) is 1.85. The van der Waals surface area contributed by atoms with Crippen LogP contribution in [0, 0.1) is 11.8 Å². The largest absolute Gasteiger partial charge is 0.444 e. The van der Waals surface area contributed by atoms with E-state index in [-0.39, 0.29) is 0 Å². The number of carbonyl (C=O) groups is 1. The third kappa shape index (κ3) is 5.94. The first-order chi connectivity index (χ1) is 8.37. The van der Waals surface area contributed by atoms with E-state index >= 15 is 0 Å². The van der Waals surface area contributed by atoms with Crippen molar-refractivity contribution in [2.45, 2.75) is 32.8 Å². The second kappa shape index (κ2) is 6.10. The summed E-state index contributed by atoms with van der Waals surface area (Å²) in [6, 6.07) is 1.84. The molecule has 5 heteroatoms. The van der Waals surface area contributed by atoms with E-state index in [0.29, 0.717) is 13.0 Å². The molecule has 0 aliphatic heterocycles. The van der Waals surface area contributed by atoms with Crippen LogP contribution in [0.4, 0.5) is 4.79 Å². The minimum atomic E-state index is -0.469. The number of hydrogen-bond acceptors (Lipinski definition) is 3. The van der Waals surface area contributed by atoms with Gasteiger partial charge >= 0.3 is 6.09 Å². The molecule has 1 N–H and O–H groups in total. The standard InChI is InChI=1S/C13H19N3O2/c1-13(2,3)18-12(17)14-9-6-5-7-11-8-10-16(4)15-11/h8,10H,6,9H2,1-4H3,(H,14,17). The highest BCUT2D eigenvalue weighted by Gasteiger charge is 2.15. The highest BCUT2D eigenvalue weighted by atomic mass is 16.6. The summed E-state index contributed by atoms with van der Waals surface area (Å²) in [5.41, 5.74) is 0.263. The molecule has 0 radical (unpaired) electrons. The van der Waals surface area contributed by atoms with E-state index in [1.165, 1.54) is 0 Å². The maximum absolute atomic E-state index is 11.3. The third-order valence-electron chi connectivity index (χ3n) is 1.85. The van der Waals surface area contributed by atoms with Crippen LogP contribution in [0.15, 0.2) is 12.3 Å². The van der Waals surface area contributed by atoms with Gasteiger partial charge in [-0.2, -0.15) is 5.10 Å². The molecule has 1 amide bonds. The van der Waals surface area contributed by atoms with Crippen LogP contribution in [0.3, 0.4) is 0 Å². The van der Waals surface area contributed by atoms with Gasteiger partial charge in [0.15, 0.2) is 0 Å². The minimum Gasteiger partial charge on any atom is -0.444 e. The minimum absolute atomic E-state index is 0.415. The highest BCUT2D eigenvalue weighted by molar-refractivity contribution is 5.67. The van der Waals surface area contributed by atoms with E-state index in [0.717, 1.165) is 5.69 Å². The molecule has 0 unspecified atom stereocenters. The maximum Gasteiger partial charge on any atom is 0.407 e. The van der Waals surface area contributed by atoms with Crippen molar-refractivity contribution in [3.8, 4) is 11.8 Å². The lowest BCUT2D eigenvalue weighted by Crippen LogP contribution is -2.32. The highest BCUT2D eigenvalue weighted by Crippen LogP contribution is 2.06. The number of amides is 1. The molecule has 1 rings (SSSR count). The van der Waals surface area contributed by atoms with Crippen LogP contribution in [0.25, 0.3) is 0 Å². The normalized spacial score (nSPS) is 10.4. The lowest BCUT2D eigenvalue weighted by molar-refractivity contribution is 0.0529. The summed E-state index contributed by atoms with van der Waals surface area (Å²) >= 11 is 0. The number of ether oxygens (including phenoxy) is 1. The Kier molecular flexibility index (Phi) is 4.78. The summed E-state index contributed by atoms with van der Waals surface area (Å²) in [4.78, 5) is 11.3. The molecule has 18 heavy (non-hydrogen) atoms. The van der Waals surface area contributed by atoms with E-state index in [1.807, 2.05) is 40.1 Å². The van der Waals surface area contributed by atoms with Gasteiger partial charge in [0, 0.05) is 26.2 Å². The fourth-order valence-corrected chi connectivity index (χ4v) is 1.18. The Morgan fingerprint density at radius 3 is 2.83 bits per heavy atom. The Hall–Kier alpha value is -1.96. The quantitative estimate of drug-likeness (QED) is 0.641. The lowest BCUT2D eigenvalue weighted by Gasteiger charge is -2.19. The van der Waals surface area contributed by atoms with Crippen molar-refractivity contribution in [2.75, 3.05) is 6.54 Å². The van der Waals surface area contributed by atoms with Gasteiger partial charge in [0.25, 0.3) is 0 Å². The molecule has 0 aromatic carbocycles. The zero-order chi connectivity index (χ0) is 13.6. The van der Waals surface area contributed by atoms with Gasteiger partial charge in [-0.05, 0) is 32.8 Å². The van der Waals surface area contributed by atoms with E-state index in [4.69, 9.17) is 4.74 Å². The first-order valence-electron chi connectivity index (χ1n) is 5.82. The number of hydrogen-bond donors (Lipinski definition) is 1. The predicted molar refractivity (Wildman–Crippen MR) is 68.9 cm³/mol. The van der Waals surface area contributed by atoms with Crippen molar-refractivity contribution in [1.29, 1.82) is 0 Å². The number of aryl methyl sites for hydroxylation is 1. The molecule has 0 bridgehead atoms. The fourth-order valence-electron chi connectivity index (χ4n) is 1.18. The number of alkyl carbamates (subject to hydrolysis) is 1. The van der Waals surface area contributed by atoms with Crippen molar-refractivity contribution in [3.63, 3.8) is 0 Å². The Morgan fingerprint density at radius 2 is 2.28 bits per heavy atom. The molecule has 0 fully saturated rings. The van der Waals surface area contributed by atoms with Crippen molar-refractivity contribution < 1.29 is 9.53 Å². The van der Waals surface area contributed by atoms with Gasteiger partial charge in [-0.25, -0.2) is 4.79 Å². The van der Waals surface area contributed by atoms with E-state index in [1.54, 1.807) is 4.68 Å². The van der Waals surface area contributed by atoms with Crippen molar-refractivity contribution in [2.24, 2.45) is 7.05 Å². The molecular formula is C13H19N3O2. The summed E-state index contributed by atoms with van der Waals surface area (Å²) < 4.78 is 6.79. The van der Waals surface area contributed by atoms with Crippen LogP contribution >= 0.6 is 0 Å². The van der Waals surface area contributed by atoms with E-state index in [2.05, 4.69) is 22.3 Å². The average molecular weight is 249 g/mol. The average Bonchev–Trinajstić information content (AvgIpc) is 2.61. The number of carbonyl (C=O) groups excluding carboxylic acids is 1. The molecule has 0 saturated carbocycles. The topological polar surface area (TPSA) is 56.2 Å². The fraction of sp³-hybridized carbons (Fsp3) is 0.538. The van der Waals surface area contributed by atoms with Crippen LogP contribution < -0.4 is 5.32 Å². The second-order valence-corrected chi connectivity index (χ2v) is 4.86. The van der Waals surface area contributed by atoms with Crippen molar-refractivity contribution >= 4 is 6.09 Å². The summed E-state index contributed by atoms with van der Waals surface area (Å²) in [5.74, 6) is 5.85. The van der Waals surface area contributed by atoms with Crippen LogP contribution in [-0.4, -0.2) is 28.0 Å². The molecule has 0 saturated heterocycles. The second-order valence-electron chi connectivity index (χ2n) is 4.86. The SMILES string of the molecule is Cn1ccc(C#CCCNC(=O)OC(C)(C)C)n1. The van der Waals surface area contributed by atoms with Gasteiger partial charge in [-0.1, -0.05) is 5.92 Å². The molecular weight excluding hydrogens is 230 g/mol. The Balaban J connectivity index is 2.23. The van der Waals surface area contributed by atoms with Crippen LogP contribution in [0.1, 0.15) is 32.9 Å². The monoisotopic (exact) mass is 249 g/mol. The zero-order valence-electron chi connectivity index (χ0n) is 11.3. The Morgan fingerprint density at radius 1 is 1.56 bits per heavy atom. The number of aromatic nitrogens is 2. The molecule has 1 aromatic rings. The predicted octanol–water partition coefficient (Wildman–Crippen LogP) is 1.69. The zero-order valence-corrected chi connectivity index (χ0v) is 11.3. The molecule has 0 atom stereocenters. The summed E-state index contributed by atoms with van der Waals surface area (Å²) in [5, 5.41) is 6.76.